The lowest BCUT2D eigenvalue weighted by atomic mass is 10.2. The zero-order valence-corrected chi connectivity index (χ0v) is 13.4. The van der Waals surface area contributed by atoms with Crippen LogP contribution in [0.2, 0.25) is 0 Å². The number of anilines is 1. The first-order valence-corrected chi connectivity index (χ1v) is 8.05. The van der Waals surface area contributed by atoms with Gasteiger partial charge in [-0.2, -0.15) is 0 Å². The molecule has 0 amide bonds. The second-order valence-corrected chi connectivity index (χ2v) is 5.55. The van der Waals surface area contributed by atoms with Crippen LogP contribution in [-0.2, 0) is 13.0 Å². The Balaban J connectivity index is 1.47. The maximum Gasteiger partial charge on any atom is 0.128 e. The van der Waals surface area contributed by atoms with Gasteiger partial charge in [0, 0.05) is 24.2 Å². The van der Waals surface area contributed by atoms with Gasteiger partial charge < -0.3 is 10.1 Å². The molecule has 0 bridgehead atoms. The molecule has 0 spiro atoms. The molecule has 0 aliphatic carbocycles. The summed E-state index contributed by atoms with van der Waals surface area (Å²) >= 11 is 0. The largest absolute Gasteiger partial charge is 0.493 e. The Bertz CT molecular complexity index is 756. The molecule has 3 rings (SSSR count). The molecule has 0 unspecified atom stereocenters. The zero-order valence-electron chi connectivity index (χ0n) is 13.4. The number of hydrogen-bond acceptors (Lipinski definition) is 2. The minimum Gasteiger partial charge on any atom is -0.493 e. The third-order valence-corrected chi connectivity index (χ3v) is 3.80. The maximum atomic E-state index is 13.6. The predicted octanol–water partition coefficient (Wildman–Crippen LogP) is 5.06. The topological polar surface area (TPSA) is 21.3 Å². The molecule has 0 radical (unpaired) electrons. The van der Waals surface area contributed by atoms with Gasteiger partial charge in [-0.1, -0.05) is 48.5 Å². The summed E-state index contributed by atoms with van der Waals surface area (Å²) in [6, 6.07) is 24.8. The summed E-state index contributed by atoms with van der Waals surface area (Å²) in [4.78, 5) is 0. The van der Waals surface area contributed by atoms with Crippen molar-refractivity contribution in [3.05, 3.63) is 95.8 Å². The molecule has 0 aliphatic heterocycles. The van der Waals surface area contributed by atoms with Crippen molar-refractivity contribution in [1.82, 2.24) is 0 Å². The highest BCUT2D eigenvalue weighted by Gasteiger charge is 2.01. The van der Waals surface area contributed by atoms with Crippen molar-refractivity contribution in [2.45, 2.75) is 13.0 Å². The number of ether oxygens (including phenoxy) is 1. The van der Waals surface area contributed by atoms with Crippen LogP contribution >= 0.6 is 0 Å². The Kier molecular flexibility index (Phi) is 5.46. The van der Waals surface area contributed by atoms with E-state index in [4.69, 9.17) is 4.74 Å². The molecule has 0 heterocycles. The highest BCUT2D eigenvalue weighted by Crippen LogP contribution is 2.17. The molecule has 3 heteroatoms. The van der Waals surface area contributed by atoms with Crippen LogP contribution in [0.3, 0.4) is 0 Å². The summed E-state index contributed by atoms with van der Waals surface area (Å²) < 4.78 is 19.3. The Hall–Kier alpha value is -2.81. The highest BCUT2D eigenvalue weighted by atomic mass is 19.1. The van der Waals surface area contributed by atoms with Crippen LogP contribution in [0, 0.1) is 5.82 Å². The van der Waals surface area contributed by atoms with Crippen molar-refractivity contribution in [2.24, 2.45) is 0 Å². The molecule has 0 fully saturated rings. The fourth-order valence-corrected chi connectivity index (χ4v) is 2.44. The lowest BCUT2D eigenvalue weighted by molar-refractivity contribution is 0.322. The molecule has 0 saturated carbocycles. The van der Waals surface area contributed by atoms with Crippen molar-refractivity contribution in [3.8, 4) is 5.75 Å². The van der Waals surface area contributed by atoms with Crippen LogP contribution in [0.4, 0.5) is 10.1 Å². The molecule has 122 valence electrons. The van der Waals surface area contributed by atoms with Gasteiger partial charge in [0.15, 0.2) is 0 Å². The molecule has 0 aromatic heterocycles. The Labute approximate surface area is 141 Å². The molecule has 2 nitrogen and oxygen atoms in total. The molecule has 0 atom stereocenters. The third-order valence-electron chi connectivity index (χ3n) is 3.80. The van der Waals surface area contributed by atoms with Crippen LogP contribution in [0.1, 0.15) is 11.1 Å². The lowest BCUT2D eigenvalue weighted by Gasteiger charge is -2.09. The number of benzene rings is 3. The molecular weight excluding hydrogens is 301 g/mol. The van der Waals surface area contributed by atoms with E-state index >= 15 is 0 Å². The Morgan fingerprint density at radius 1 is 0.792 bits per heavy atom. The van der Waals surface area contributed by atoms with Gasteiger partial charge in [0.1, 0.15) is 11.6 Å². The zero-order chi connectivity index (χ0) is 16.6. The van der Waals surface area contributed by atoms with Gasteiger partial charge in [-0.25, -0.2) is 4.39 Å². The van der Waals surface area contributed by atoms with Crippen molar-refractivity contribution >= 4 is 5.69 Å². The third kappa shape index (κ3) is 4.59. The van der Waals surface area contributed by atoms with Crippen LogP contribution in [-0.4, -0.2) is 6.61 Å². The fourth-order valence-electron chi connectivity index (χ4n) is 2.44. The van der Waals surface area contributed by atoms with Gasteiger partial charge in [-0.15, -0.1) is 0 Å². The summed E-state index contributed by atoms with van der Waals surface area (Å²) in [5, 5.41) is 3.22. The van der Waals surface area contributed by atoms with E-state index in [9.17, 15) is 4.39 Å². The van der Waals surface area contributed by atoms with Crippen molar-refractivity contribution in [1.29, 1.82) is 0 Å². The summed E-state index contributed by atoms with van der Waals surface area (Å²) in [5.41, 5.74) is 2.86. The van der Waals surface area contributed by atoms with E-state index in [0.29, 0.717) is 18.7 Å². The first-order valence-electron chi connectivity index (χ1n) is 8.05. The Morgan fingerprint density at radius 2 is 1.50 bits per heavy atom. The summed E-state index contributed by atoms with van der Waals surface area (Å²) in [7, 11) is 0. The van der Waals surface area contributed by atoms with Gasteiger partial charge in [0.05, 0.1) is 6.61 Å². The summed E-state index contributed by atoms with van der Waals surface area (Å²) in [6.07, 6.45) is 0.883. The van der Waals surface area contributed by atoms with E-state index in [1.54, 1.807) is 12.1 Å². The van der Waals surface area contributed by atoms with Gasteiger partial charge >= 0.3 is 0 Å². The summed E-state index contributed by atoms with van der Waals surface area (Å²) in [5.74, 6) is 0.647. The molecule has 0 saturated heterocycles. The SMILES string of the molecule is Fc1ccccc1CNc1ccc(OCCc2ccccc2)cc1. The highest BCUT2D eigenvalue weighted by molar-refractivity contribution is 5.46. The smallest absolute Gasteiger partial charge is 0.128 e. The van der Waals surface area contributed by atoms with Crippen molar-refractivity contribution in [2.75, 3.05) is 11.9 Å². The number of nitrogens with one attached hydrogen (secondary N) is 1. The molecule has 0 aliphatic rings. The van der Waals surface area contributed by atoms with Gasteiger partial charge in [-0.3, -0.25) is 0 Å². The number of rotatable bonds is 7. The number of halogens is 1. The molecule has 3 aromatic rings. The number of hydrogen-bond donors (Lipinski definition) is 1. The maximum absolute atomic E-state index is 13.6. The van der Waals surface area contributed by atoms with Crippen LogP contribution in [0.5, 0.6) is 5.75 Å². The first-order chi connectivity index (χ1) is 11.8. The minimum absolute atomic E-state index is 0.189. The average Bonchev–Trinajstić information content (AvgIpc) is 2.63. The monoisotopic (exact) mass is 321 g/mol. The second kappa shape index (κ2) is 8.16. The molecule has 3 aromatic carbocycles. The molecule has 24 heavy (non-hydrogen) atoms. The van der Waals surface area contributed by atoms with E-state index < -0.39 is 0 Å². The van der Waals surface area contributed by atoms with Crippen LogP contribution in [0.25, 0.3) is 0 Å². The van der Waals surface area contributed by atoms with Crippen LogP contribution in [0.15, 0.2) is 78.9 Å². The predicted molar refractivity (Wildman–Crippen MR) is 95.8 cm³/mol. The van der Waals surface area contributed by atoms with E-state index in [2.05, 4.69) is 17.4 Å². The first kappa shape index (κ1) is 16.1. The van der Waals surface area contributed by atoms with Crippen molar-refractivity contribution < 1.29 is 9.13 Å². The lowest BCUT2D eigenvalue weighted by Crippen LogP contribution is -2.03. The quantitative estimate of drug-likeness (QED) is 0.657. The van der Waals surface area contributed by atoms with Crippen molar-refractivity contribution in [3.63, 3.8) is 0 Å². The summed E-state index contributed by atoms with van der Waals surface area (Å²) in [6.45, 7) is 1.10. The van der Waals surface area contributed by atoms with Crippen LogP contribution < -0.4 is 10.1 Å². The van der Waals surface area contributed by atoms with Gasteiger partial charge in [-0.05, 0) is 35.9 Å². The van der Waals surface area contributed by atoms with E-state index in [0.717, 1.165) is 17.9 Å². The standard InChI is InChI=1S/C21H20FNO/c22-21-9-5-4-8-18(21)16-23-19-10-12-20(13-11-19)24-15-14-17-6-2-1-3-7-17/h1-13,23H,14-16H2. The van der Waals surface area contributed by atoms with E-state index in [1.807, 2.05) is 48.5 Å². The second-order valence-electron chi connectivity index (χ2n) is 5.55. The molecular formula is C21H20FNO. The van der Waals surface area contributed by atoms with Gasteiger partial charge in [0.2, 0.25) is 0 Å². The Morgan fingerprint density at radius 3 is 2.25 bits per heavy atom. The van der Waals surface area contributed by atoms with Gasteiger partial charge in [0.25, 0.3) is 0 Å². The normalized spacial score (nSPS) is 10.4. The molecule has 1 N–H and O–H groups in total. The van der Waals surface area contributed by atoms with E-state index in [-0.39, 0.29) is 5.82 Å². The van der Waals surface area contributed by atoms with E-state index in [1.165, 1.54) is 11.6 Å². The average molecular weight is 321 g/mol. The minimum atomic E-state index is -0.189. The fraction of sp³-hybridized carbons (Fsp3) is 0.143.